The van der Waals surface area contributed by atoms with E-state index in [-0.39, 0.29) is 11.4 Å². The van der Waals surface area contributed by atoms with Gasteiger partial charge in [-0.25, -0.2) is 17.6 Å². The zero-order valence-corrected chi connectivity index (χ0v) is 17.0. The van der Waals surface area contributed by atoms with Crippen molar-refractivity contribution in [1.82, 2.24) is 0 Å². The Kier molecular flexibility index (Phi) is 8.05. The Labute approximate surface area is 173 Å². The monoisotopic (exact) mass is 436 g/mol. The molecule has 0 aliphatic rings. The SMILES string of the molecule is CCCOC(=O)c1ccc(NC(=O)CS(=O)(=O)CC(=O)Nc2ccc(F)cc2)cc1. The Morgan fingerprint density at radius 1 is 0.867 bits per heavy atom. The average molecular weight is 436 g/mol. The van der Waals surface area contributed by atoms with E-state index in [1.54, 1.807) is 0 Å². The fraction of sp³-hybridized carbons (Fsp3) is 0.250. The van der Waals surface area contributed by atoms with E-state index in [1.165, 1.54) is 36.4 Å². The van der Waals surface area contributed by atoms with Gasteiger partial charge in [-0.3, -0.25) is 9.59 Å². The number of amides is 2. The van der Waals surface area contributed by atoms with Gasteiger partial charge in [0.25, 0.3) is 0 Å². The van der Waals surface area contributed by atoms with Crippen molar-refractivity contribution in [1.29, 1.82) is 0 Å². The predicted octanol–water partition coefficient (Wildman–Crippen LogP) is 2.38. The molecule has 2 aromatic carbocycles. The van der Waals surface area contributed by atoms with Gasteiger partial charge in [0.1, 0.15) is 17.3 Å². The number of rotatable bonds is 9. The number of sulfone groups is 1. The number of hydrogen-bond donors (Lipinski definition) is 2. The molecule has 0 bridgehead atoms. The normalized spacial score (nSPS) is 10.9. The molecule has 0 fully saturated rings. The molecule has 2 aromatic rings. The van der Waals surface area contributed by atoms with Gasteiger partial charge in [0.05, 0.1) is 12.2 Å². The molecule has 0 atom stereocenters. The summed E-state index contributed by atoms with van der Waals surface area (Å²) in [6.07, 6.45) is 0.691. The van der Waals surface area contributed by atoms with Gasteiger partial charge in [-0.1, -0.05) is 6.92 Å². The highest BCUT2D eigenvalue weighted by Crippen LogP contribution is 2.12. The number of anilines is 2. The molecule has 2 rings (SSSR count). The second-order valence-corrected chi connectivity index (χ2v) is 8.41. The van der Waals surface area contributed by atoms with Crippen LogP contribution in [0.15, 0.2) is 48.5 Å². The van der Waals surface area contributed by atoms with Crippen LogP contribution in [0, 0.1) is 5.82 Å². The highest BCUT2D eigenvalue weighted by atomic mass is 32.2. The van der Waals surface area contributed by atoms with E-state index < -0.39 is 44.9 Å². The lowest BCUT2D eigenvalue weighted by Gasteiger charge is -2.08. The first-order valence-corrected chi connectivity index (χ1v) is 10.8. The van der Waals surface area contributed by atoms with Crippen LogP contribution in [0.25, 0.3) is 0 Å². The number of hydrogen-bond acceptors (Lipinski definition) is 6. The summed E-state index contributed by atoms with van der Waals surface area (Å²) >= 11 is 0. The van der Waals surface area contributed by atoms with Crippen LogP contribution in [0.2, 0.25) is 0 Å². The lowest BCUT2D eigenvalue weighted by atomic mass is 10.2. The van der Waals surface area contributed by atoms with Crippen LogP contribution in [0.5, 0.6) is 0 Å². The van der Waals surface area contributed by atoms with Gasteiger partial charge in [0.2, 0.25) is 11.8 Å². The second kappa shape index (κ2) is 10.5. The van der Waals surface area contributed by atoms with Crippen LogP contribution >= 0.6 is 0 Å². The van der Waals surface area contributed by atoms with Crippen LogP contribution in [0.3, 0.4) is 0 Å². The van der Waals surface area contributed by atoms with Crippen molar-refractivity contribution in [2.24, 2.45) is 0 Å². The molecule has 0 aliphatic heterocycles. The Bertz CT molecular complexity index is 1000. The summed E-state index contributed by atoms with van der Waals surface area (Å²) in [5.74, 6) is -4.47. The van der Waals surface area contributed by atoms with Crippen molar-refractivity contribution in [2.45, 2.75) is 13.3 Å². The summed E-state index contributed by atoms with van der Waals surface area (Å²) in [6.45, 7) is 2.16. The van der Waals surface area contributed by atoms with Crippen LogP contribution in [-0.2, 0) is 24.2 Å². The van der Waals surface area contributed by atoms with Crippen molar-refractivity contribution < 1.29 is 31.9 Å². The molecule has 160 valence electrons. The molecule has 2 amide bonds. The summed E-state index contributed by atoms with van der Waals surface area (Å²) in [5.41, 5.74) is 0.822. The van der Waals surface area contributed by atoms with Gasteiger partial charge in [-0.05, 0) is 55.0 Å². The molecule has 0 spiro atoms. The maximum absolute atomic E-state index is 12.9. The van der Waals surface area contributed by atoms with Crippen molar-refractivity contribution >= 4 is 39.0 Å². The van der Waals surface area contributed by atoms with E-state index in [2.05, 4.69) is 10.6 Å². The molecule has 0 saturated carbocycles. The van der Waals surface area contributed by atoms with Gasteiger partial charge < -0.3 is 15.4 Å². The van der Waals surface area contributed by atoms with E-state index in [9.17, 15) is 27.2 Å². The van der Waals surface area contributed by atoms with Crippen LogP contribution in [0.1, 0.15) is 23.7 Å². The number of esters is 1. The lowest BCUT2D eigenvalue weighted by molar-refractivity contribution is -0.114. The fourth-order valence-electron chi connectivity index (χ4n) is 2.35. The third kappa shape index (κ3) is 7.63. The molecule has 2 N–H and O–H groups in total. The third-order valence-electron chi connectivity index (χ3n) is 3.67. The molecule has 0 saturated heterocycles. The molecule has 0 aliphatic carbocycles. The van der Waals surface area contributed by atoms with E-state index >= 15 is 0 Å². The zero-order valence-electron chi connectivity index (χ0n) is 16.2. The molecule has 0 aromatic heterocycles. The first-order valence-electron chi connectivity index (χ1n) is 9.01. The Morgan fingerprint density at radius 2 is 1.33 bits per heavy atom. The minimum Gasteiger partial charge on any atom is -0.462 e. The Hall–Kier alpha value is -3.27. The number of ether oxygens (including phenoxy) is 1. The summed E-state index contributed by atoms with van der Waals surface area (Å²) in [4.78, 5) is 35.6. The minimum atomic E-state index is -4.03. The van der Waals surface area contributed by atoms with Crippen LogP contribution in [0.4, 0.5) is 15.8 Å². The fourth-order valence-corrected chi connectivity index (χ4v) is 3.39. The number of carbonyl (C=O) groups is 3. The van der Waals surface area contributed by atoms with Gasteiger partial charge in [0.15, 0.2) is 9.84 Å². The lowest BCUT2D eigenvalue weighted by Crippen LogP contribution is -2.30. The largest absolute Gasteiger partial charge is 0.462 e. The second-order valence-electron chi connectivity index (χ2n) is 6.35. The highest BCUT2D eigenvalue weighted by molar-refractivity contribution is 7.92. The third-order valence-corrected chi connectivity index (χ3v) is 5.08. The molecular formula is C20H21FN2O6S. The standard InChI is InChI=1S/C20H21FN2O6S/c1-2-11-29-20(26)14-3-7-16(8-4-14)22-18(24)12-30(27,28)13-19(25)23-17-9-5-15(21)6-10-17/h3-10H,2,11-13H2,1H3,(H,22,24)(H,23,25). The minimum absolute atomic E-state index is 0.235. The van der Waals surface area contributed by atoms with Crippen LogP contribution in [-0.4, -0.2) is 44.3 Å². The van der Waals surface area contributed by atoms with Gasteiger partial charge >= 0.3 is 5.97 Å². The quantitative estimate of drug-likeness (QED) is 0.583. The Morgan fingerprint density at radius 3 is 1.80 bits per heavy atom. The topological polar surface area (TPSA) is 119 Å². The first-order chi connectivity index (χ1) is 14.2. The van der Waals surface area contributed by atoms with E-state index in [1.807, 2.05) is 6.92 Å². The maximum Gasteiger partial charge on any atom is 0.338 e. The van der Waals surface area contributed by atoms with Gasteiger partial charge in [0, 0.05) is 11.4 Å². The molecule has 0 radical (unpaired) electrons. The van der Waals surface area contributed by atoms with E-state index in [0.29, 0.717) is 18.6 Å². The number of halogens is 1. The molecule has 8 nitrogen and oxygen atoms in total. The van der Waals surface area contributed by atoms with Crippen molar-refractivity contribution in [3.05, 3.63) is 59.9 Å². The number of nitrogens with one attached hydrogen (secondary N) is 2. The molecule has 30 heavy (non-hydrogen) atoms. The van der Waals surface area contributed by atoms with E-state index in [4.69, 9.17) is 4.74 Å². The number of benzene rings is 2. The zero-order chi connectivity index (χ0) is 22.1. The summed E-state index contributed by atoms with van der Waals surface area (Å²) < 4.78 is 42.0. The summed E-state index contributed by atoms with van der Waals surface area (Å²) in [6, 6.07) is 10.6. The summed E-state index contributed by atoms with van der Waals surface area (Å²) in [7, 11) is -4.03. The maximum atomic E-state index is 12.9. The molecule has 0 heterocycles. The molecule has 10 heteroatoms. The average Bonchev–Trinajstić information content (AvgIpc) is 2.67. The van der Waals surface area contributed by atoms with Crippen LogP contribution < -0.4 is 10.6 Å². The van der Waals surface area contributed by atoms with Crippen molar-refractivity contribution in [3.63, 3.8) is 0 Å². The van der Waals surface area contributed by atoms with Crippen molar-refractivity contribution in [2.75, 3.05) is 28.7 Å². The smallest absolute Gasteiger partial charge is 0.338 e. The highest BCUT2D eigenvalue weighted by Gasteiger charge is 2.21. The number of carbonyl (C=O) groups excluding carboxylic acids is 3. The van der Waals surface area contributed by atoms with Crippen molar-refractivity contribution in [3.8, 4) is 0 Å². The Balaban J connectivity index is 1.87. The van der Waals surface area contributed by atoms with E-state index in [0.717, 1.165) is 12.1 Å². The van der Waals surface area contributed by atoms with Gasteiger partial charge in [-0.15, -0.1) is 0 Å². The predicted molar refractivity (Wildman–Crippen MR) is 109 cm³/mol. The molecule has 0 unspecified atom stereocenters. The summed E-state index contributed by atoms with van der Waals surface area (Å²) in [5, 5.41) is 4.71. The molecular weight excluding hydrogens is 415 g/mol. The first kappa shape index (κ1) is 23.0. The van der Waals surface area contributed by atoms with Gasteiger partial charge in [-0.2, -0.15) is 0 Å².